The minimum absolute atomic E-state index is 0.312. The van der Waals surface area contributed by atoms with Crippen molar-refractivity contribution in [1.29, 1.82) is 5.26 Å². The zero-order chi connectivity index (χ0) is 11.7. The number of carbonyl (C=O) groups is 1. The van der Waals surface area contributed by atoms with Gasteiger partial charge in [0.05, 0.1) is 17.6 Å². The second kappa shape index (κ2) is 3.81. The highest BCUT2D eigenvalue weighted by Crippen LogP contribution is 2.24. The number of carboxylic acid groups (broad SMARTS) is 1. The average Bonchev–Trinajstić information content (AvgIpc) is 2.13. The van der Waals surface area contributed by atoms with Crippen molar-refractivity contribution in [2.45, 2.75) is 6.92 Å². The maximum absolute atomic E-state index is 10.6. The van der Waals surface area contributed by atoms with Crippen LogP contribution in [0, 0.1) is 24.2 Å². The summed E-state index contributed by atoms with van der Waals surface area (Å²) >= 11 is 0. The van der Waals surface area contributed by atoms with Crippen LogP contribution in [0.5, 0.6) is 0 Å². The summed E-state index contributed by atoms with van der Waals surface area (Å²) in [4.78, 5) is 16.8. The van der Waals surface area contributed by atoms with Gasteiger partial charge in [0.2, 0.25) is 0 Å². The van der Waals surface area contributed by atoms with E-state index in [2.05, 4.69) is 11.1 Å². The van der Waals surface area contributed by atoms with Crippen molar-refractivity contribution in [2.75, 3.05) is 18.0 Å². The Morgan fingerprint density at radius 2 is 2.31 bits per heavy atom. The maximum atomic E-state index is 10.6. The number of hydrogen-bond donors (Lipinski definition) is 1. The molecule has 5 heteroatoms. The third kappa shape index (κ3) is 1.82. The molecule has 0 unspecified atom stereocenters. The van der Waals surface area contributed by atoms with Crippen molar-refractivity contribution in [3.05, 3.63) is 23.4 Å². The van der Waals surface area contributed by atoms with Gasteiger partial charge in [-0.25, -0.2) is 4.98 Å². The maximum Gasteiger partial charge on any atom is 0.310 e. The Balaban J connectivity index is 2.15. The molecule has 0 spiro atoms. The Hall–Kier alpha value is -2.09. The molecule has 0 saturated carbocycles. The number of rotatable bonds is 2. The smallest absolute Gasteiger partial charge is 0.310 e. The number of carboxylic acids is 1. The second-order valence-corrected chi connectivity index (χ2v) is 3.91. The molecule has 82 valence electrons. The van der Waals surface area contributed by atoms with Gasteiger partial charge in [-0.05, 0) is 19.1 Å². The Morgan fingerprint density at radius 1 is 1.62 bits per heavy atom. The lowest BCUT2D eigenvalue weighted by atomic mass is 10.0. The standard InChI is InChI=1S/C11H11N3O2/c1-7-2-8(4-12)3-10(13-7)14-5-9(6-14)11(15)16/h2-3,9H,5-6H2,1H3,(H,15,16). The molecule has 0 atom stereocenters. The highest BCUT2D eigenvalue weighted by Gasteiger charge is 2.33. The molecule has 16 heavy (non-hydrogen) atoms. The van der Waals surface area contributed by atoms with Gasteiger partial charge < -0.3 is 10.0 Å². The number of nitriles is 1. The minimum Gasteiger partial charge on any atom is -0.481 e. The van der Waals surface area contributed by atoms with Gasteiger partial charge in [0, 0.05) is 18.8 Å². The van der Waals surface area contributed by atoms with Gasteiger partial charge in [0.1, 0.15) is 5.82 Å². The van der Waals surface area contributed by atoms with Gasteiger partial charge in [0.25, 0.3) is 0 Å². The van der Waals surface area contributed by atoms with Crippen molar-refractivity contribution in [3.63, 3.8) is 0 Å². The van der Waals surface area contributed by atoms with E-state index in [1.807, 2.05) is 11.8 Å². The van der Waals surface area contributed by atoms with E-state index >= 15 is 0 Å². The Bertz CT molecular complexity index is 473. The number of aryl methyl sites for hydroxylation is 1. The van der Waals surface area contributed by atoms with Gasteiger partial charge in [-0.3, -0.25) is 4.79 Å². The molecule has 1 fully saturated rings. The van der Waals surface area contributed by atoms with Crippen LogP contribution in [-0.2, 0) is 4.79 Å². The van der Waals surface area contributed by atoms with Crippen molar-refractivity contribution < 1.29 is 9.90 Å². The number of nitrogens with zero attached hydrogens (tertiary/aromatic N) is 3. The molecule has 2 heterocycles. The molecule has 1 aliphatic heterocycles. The summed E-state index contributed by atoms with van der Waals surface area (Å²) in [6, 6.07) is 5.45. The minimum atomic E-state index is -0.774. The number of anilines is 1. The van der Waals surface area contributed by atoms with Crippen molar-refractivity contribution in [1.82, 2.24) is 4.98 Å². The zero-order valence-corrected chi connectivity index (χ0v) is 8.84. The number of pyridine rings is 1. The fourth-order valence-electron chi connectivity index (χ4n) is 1.70. The van der Waals surface area contributed by atoms with Crippen LogP contribution in [0.25, 0.3) is 0 Å². The molecule has 1 N–H and O–H groups in total. The largest absolute Gasteiger partial charge is 0.481 e. The van der Waals surface area contributed by atoms with Gasteiger partial charge in [-0.15, -0.1) is 0 Å². The Labute approximate surface area is 92.9 Å². The van der Waals surface area contributed by atoms with E-state index in [1.54, 1.807) is 12.1 Å². The van der Waals surface area contributed by atoms with Crippen LogP contribution >= 0.6 is 0 Å². The molecule has 0 aliphatic carbocycles. The highest BCUT2D eigenvalue weighted by atomic mass is 16.4. The molecule has 2 rings (SSSR count). The van der Waals surface area contributed by atoms with E-state index in [0.717, 1.165) is 5.69 Å². The molecular formula is C11H11N3O2. The van der Waals surface area contributed by atoms with Crippen LogP contribution in [0.3, 0.4) is 0 Å². The quantitative estimate of drug-likeness (QED) is 0.792. The van der Waals surface area contributed by atoms with E-state index in [1.165, 1.54) is 0 Å². The molecular weight excluding hydrogens is 206 g/mol. The first-order chi connectivity index (χ1) is 7.60. The molecule has 1 saturated heterocycles. The van der Waals surface area contributed by atoms with Crippen LogP contribution < -0.4 is 4.90 Å². The van der Waals surface area contributed by atoms with Crippen LogP contribution in [0.15, 0.2) is 12.1 Å². The van der Waals surface area contributed by atoms with E-state index in [4.69, 9.17) is 10.4 Å². The fraction of sp³-hybridized carbons (Fsp3) is 0.364. The van der Waals surface area contributed by atoms with Crippen molar-refractivity contribution in [3.8, 4) is 6.07 Å². The van der Waals surface area contributed by atoms with E-state index in [-0.39, 0.29) is 5.92 Å². The number of aromatic nitrogens is 1. The summed E-state index contributed by atoms with van der Waals surface area (Å²) in [6.07, 6.45) is 0. The number of hydrogen-bond acceptors (Lipinski definition) is 4. The van der Waals surface area contributed by atoms with Crippen LogP contribution in [0.4, 0.5) is 5.82 Å². The SMILES string of the molecule is Cc1cc(C#N)cc(N2CC(C(=O)O)C2)n1. The van der Waals surface area contributed by atoms with Gasteiger partial charge >= 0.3 is 5.97 Å². The number of aliphatic carboxylic acids is 1. The lowest BCUT2D eigenvalue weighted by Crippen LogP contribution is -2.50. The summed E-state index contributed by atoms with van der Waals surface area (Å²) in [5.41, 5.74) is 1.33. The third-order valence-electron chi connectivity index (χ3n) is 2.62. The molecule has 1 aliphatic rings. The molecule has 1 aromatic rings. The topological polar surface area (TPSA) is 77.2 Å². The summed E-state index contributed by atoms with van der Waals surface area (Å²) in [5, 5.41) is 17.6. The Morgan fingerprint density at radius 3 is 2.88 bits per heavy atom. The molecule has 0 bridgehead atoms. The highest BCUT2D eigenvalue weighted by molar-refractivity contribution is 5.74. The van der Waals surface area contributed by atoms with E-state index in [9.17, 15) is 4.79 Å². The summed E-state index contributed by atoms with van der Waals surface area (Å²) < 4.78 is 0. The lowest BCUT2D eigenvalue weighted by Gasteiger charge is -2.37. The average molecular weight is 217 g/mol. The first-order valence-corrected chi connectivity index (χ1v) is 4.96. The summed E-state index contributed by atoms with van der Waals surface area (Å²) in [6.45, 7) is 2.76. The fourth-order valence-corrected chi connectivity index (χ4v) is 1.70. The predicted molar refractivity (Wildman–Crippen MR) is 57.0 cm³/mol. The van der Waals surface area contributed by atoms with Crippen molar-refractivity contribution in [2.24, 2.45) is 5.92 Å². The summed E-state index contributed by atoms with van der Waals surface area (Å²) in [5.74, 6) is -0.397. The first-order valence-electron chi connectivity index (χ1n) is 4.96. The molecule has 0 amide bonds. The zero-order valence-electron chi connectivity index (χ0n) is 8.84. The second-order valence-electron chi connectivity index (χ2n) is 3.91. The predicted octanol–water partition coefficient (Wildman–Crippen LogP) is 0.782. The Kier molecular flexibility index (Phi) is 2.49. The molecule has 1 aromatic heterocycles. The van der Waals surface area contributed by atoms with Gasteiger partial charge in [0.15, 0.2) is 0 Å². The van der Waals surface area contributed by atoms with Gasteiger partial charge in [-0.1, -0.05) is 0 Å². The van der Waals surface area contributed by atoms with Crippen LogP contribution in [-0.4, -0.2) is 29.1 Å². The first kappa shape index (κ1) is 10.4. The third-order valence-corrected chi connectivity index (χ3v) is 2.62. The van der Waals surface area contributed by atoms with Crippen molar-refractivity contribution >= 4 is 11.8 Å². The normalized spacial score (nSPS) is 15.4. The molecule has 0 radical (unpaired) electrons. The van der Waals surface area contributed by atoms with Crippen LogP contribution in [0.1, 0.15) is 11.3 Å². The lowest BCUT2D eigenvalue weighted by molar-refractivity contribution is -0.142. The molecule has 0 aromatic carbocycles. The summed E-state index contributed by atoms with van der Waals surface area (Å²) in [7, 11) is 0. The monoisotopic (exact) mass is 217 g/mol. The van der Waals surface area contributed by atoms with Gasteiger partial charge in [-0.2, -0.15) is 5.26 Å². The van der Waals surface area contributed by atoms with Crippen LogP contribution in [0.2, 0.25) is 0 Å². The molecule has 5 nitrogen and oxygen atoms in total. The van der Waals surface area contributed by atoms with E-state index in [0.29, 0.717) is 24.5 Å². The van der Waals surface area contributed by atoms with E-state index < -0.39 is 5.97 Å².